The molecule has 1 aliphatic heterocycles. The van der Waals surface area contributed by atoms with E-state index in [4.69, 9.17) is 9.72 Å². The van der Waals surface area contributed by atoms with Crippen LogP contribution in [0.5, 0.6) is 5.75 Å². The molecule has 0 aliphatic carbocycles. The summed E-state index contributed by atoms with van der Waals surface area (Å²) in [4.78, 5) is 7.51. The summed E-state index contributed by atoms with van der Waals surface area (Å²) >= 11 is 0. The molecule has 0 amide bonds. The SMILES string of the molecule is CCOc1ccccc1CN1CCc2nc(-c3ccc(C(C)(C)C)cc3)n(C)c2C1. The summed E-state index contributed by atoms with van der Waals surface area (Å²) in [6.07, 6.45) is 0.986. The van der Waals surface area contributed by atoms with Gasteiger partial charge in [0.15, 0.2) is 0 Å². The lowest BCUT2D eigenvalue weighted by atomic mass is 9.87. The van der Waals surface area contributed by atoms with Crippen molar-refractivity contribution in [1.82, 2.24) is 14.5 Å². The number of para-hydroxylation sites is 1. The minimum Gasteiger partial charge on any atom is -0.494 e. The Hall–Kier alpha value is -2.59. The summed E-state index contributed by atoms with van der Waals surface area (Å²) in [5.41, 5.74) is 6.52. The van der Waals surface area contributed by atoms with Crippen molar-refractivity contribution in [2.45, 2.75) is 52.6 Å². The fourth-order valence-corrected chi connectivity index (χ4v) is 4.23. The van der Waals surface area contributed by atoms with Gasteiger partial charge in [-0.05, 0) is 24.0 Å². The first-order valence-corrected chi connectivity index (χ1v) is 10.9. The molecule has 0 saturated carbocycles. The zero-order valence-corrected chi connectivity index (χ0v) is 18.9. The molecule has 0 fully saturated rings. The number of ether oxygens (including phenoxy) is 1. The van der Waals surface area contributed by atoms with Crippen LogP contribution in [0.3, 0.4) is 0 Å². The number of hydrogen-bond donors (Lipinski definition) is 0. The molecule has 0 spiro atoms. The van der Waals surface area contributed by atoms with Crippen LogP contribution in [0.1, 0.15) is 50.2 Å². The normalized spacial score (nSPS) is 14.6. The topological polar surface area (TPSA) is 30.3 Å². The predicted octanol–water partition coefficient (Wildman–Crippen LogP) is 5.34. The van der Waals surface area contributed by atoms with Gasteiger partial charge in [0.1, 0.15) is 11.6 Å². The van der Waals surface area contributed by atoms with Crippen LogP contribution in [-0.2, 0) is 32.0 Å². The first-order valence-electron chi connectivity index (χ1n) is 10.9. The number of imidazole rings is 1. The molecule has 4 rings (SSSR count). The molecule has 0 N–H and O–H groups in total. The molecule has 0 saturated heterocycles. The molecule has 0 bridgehead atoms. The van der Waals surface area contributed by atoms with E-state index in [1.807, 2.05) is 13.0 Å². The fraction of sp³-hybridized carbons (Fsp3) is 0.423. The number of fused-ring (bicyclic) bond motifs is 1. The third kappa shape index (κ3) is 4.15. The van der Waals surface area contributed by atoms with Crippen molar-refractivity contribution in [1.29, 1.82) is 0 Å². The van der Waals surface area contributed by atoms with Crippen LogP contribution in [-0.4, -0.2) is 27.6 Å². The Morgan fingerprint density at radius 2 is 1.77 bits per heavy atom. The van der Waals surface area contributed by atoms with Gasteiger partial charge in [-0.15, -0.1) is 0 Å². The third-order valence-electron chi connectivity index (χ3n) is 6.01. The first kappa shape index (κ1) is 20.7. The molecule has 2 heterocycles. The maximum absolute atomic E-state index is 5.82. The lowest BCUT2D eigenvalue weighted by Crippen LogP contribution is -2.31. The molecule has 0 radical (unpaired) electrons. The second kappa shape index (κ2) is 8.27. The van der Waals surface area contributed by atoms with Crippen molar-refractivity contribution in [2.24, 2.45) is 7.05 Å². The Kier molecular flexibility index (Phi) is 5.70. The molecule has 3 aromatic rings. The molecular formula is C26H33N3O. The lowest BCUT2D eigenvalue weighted by Gasteiger charge is -2.27. The standard InChI is InChI=1S/C26H33N3O/c1-6-30-24-10-8-7-9-20(24)17-29-16-15-22-23(18-29)28(5)25(27-22)19-11-13-21(14-12-19)26(2,3)4/h7-14H,6,15-18H2,1-5H3. The summed E-state index contributed by atoms with van der Waals surface area (Å²) in [5.74, 6) is 2.06. The first-order chi connectivity index (χ1) is 14.4. The van der Waals surface area contributed by atoms with Gasteiger partial charge in [0, 0.05) is 44.2 Å². The van der Waals surface area contributed by atoms with Crippen molar-refractivity contribution in [2.75, 3.05) is 13.2 Å². The molecule has 0 unspecified atom stereocenters. The molecule has 0 atom stereocenters. The van der Waals surface area contributed by atoms with E-state index < -0.39 is 0 Å². The van der Waals surface area contributed by atoms with Crippen LogP contribution in [0, 0.1) is 0 Å². The Morgan fingerprint density at radius 3 is 2.47 bits per heavy atom. The van der Waals surface area contributed by atoms with Crippen LogP contribution >= 0.6 is 0 Å². The zero-order valence-electron chi connectivity index (χ0n) is 18.9. The number of rotatable bonds is 5. The van der Waals surface area contributed by atoms with Crippen LogP contribution < -0.4 is 4.74 Å². The van der Waals surface area contributed by atoms with Crippen molar-refractivity contribution >= 4 is 0 Å². The van der Waals surface area contributed by atoms with Gasteiger partial charge in [-0.25, -0.2) is 4.98 Å². The van der Waals surface area contributed by atoms with Gasteiger partial charge in [0.2, 0.25) is 0 Å². The summed E-state index contributed by atoms with van der Waals surface area (Å²) in [6.45, 7) is 12.3. The average Bonchev–Trinajstić information content (AvgIpc) is 3.05. The fourth-order valence-electron chi connectivity index (χ4n) is 4.23. The molecule has 2 aromatic carbocycles. The van der Waals surface area contributed by atoms with Gasteiger partial charge >= 0.3 is 0 Å². The number of aromatic nitrogens is 2. The highest BCUT2D eigenvalue weighted by molar-refractivity contribution is 5.58. The van der Waals surface area contributed by atoms with Crippen LogP contribution in [0.2, 0.25) is 0 Å². The zero-order chi connectivity index (χ0) is 21.3. The van der Waals surface area contributed by atoms with E-state index in [1.165, 1.54) is 28.1 Å². The minimum atomic E-state index is 0.164. The van der Waals surface area contributed by atoms with E-state index in [0.717, 1.165) is 37.6 Å². The second-order valence-corrected chi connectivity index (χ2v) is 9.22. The van der Waals surface area contributed by atoms with Crippen LogP contribution in [0.15, 0.2) is 48.5 Å². The Bertz CT molecular complexity index is 1010. The number of nitrogens with zero attached hydrogens (tertiary/aromatic N) is 3. The molecular weight excluding hydrogens is 370 g/mol. The van der Waals surface area contributed by atoms with E-state index >= 15 is 0 Å². The van der Waals surface area contributed by atoms with E-state index in [9.17, 15) is 0 Å². The predicted molar refractivity (Wildman–Crippen MR) is 123 cm³/mol. The van der Waals surface area contributed by atoms with E-state index in [2.05, 4.69) is 79.8 Å². The third-order valence-corrected chi connectivity index (χ3v) is 6.01. The number of benzene rings is 2. The van der Waals surface area contributed by atoms with E-state index in [1.54, 1.807) is 0 Å². The average molecular weight is 404 g/mol. The van der Waals surface area contributed by atoms with Crippen molar-refractivity contribution < 1.29 is 4.74 Å². The maximum Gasteiger partial charge on any atom is 0.140 e. The Balaban J connectivity index is 1.55. The summed E-state index contributed by atoms with van der Waals surface area (Å²) < 4.78 is 8.10. The summed E-state index contributed by atoms with van der Waals surface area (Å²) in [6, 6.07) is 17.3. The van der Waals surface area contributed by atoms with Gasteiger partial charge < -0.3 is 9.30 Å². The second-order valence-electron chi connectivity index (χ2n) is 9.22. The molecule has 30 heavy (non-hydrogen) atoms. The van der Waals surface area contributed by atoms with Gasteiger partial charge in [-0.1, -0.05) is 63.2 Å². The van der Waals surface area contributed by atoms with E-state index in [0.29, 0.717) is 6.61 Å². The Morgan fingerprint density at radius 1 is 1.03 bits per heavy atom. The van der Waals surface area contributed by atoms with Crippen molar-refractivity contribution in [3.63, 3.8) is 0 Å². The minimum absolute atomic E-state index is 0.164. The quantitative estimate of drug-likeness (QED) is 0.576. The lowest BCUT2D eigenvalue weighted by molar-refractivity contribution is 0.232. The monoisotopic (exact) mass is 403 g/mol. The molecule has 4 nitrogen and oxygen atoms in total. The highest BCUT2D eigenvalue weighted by atomic mass is 16.5. The highest BCUT2D eigenvalue weighted by Gasteiger charge is 2.24. The van der Waals surface area contributed by atoms with Gasteiger partial charge in [0.25, 0.3) is 0 Å². The highest BCUT2D eigenvalue weighted by Crippen LogP contribution is 2.30. The van der Waals surface area contributed by atoms with Gasteiger partial charge in [-0.2, -0.15) is 0 Å². The summed E-state index contributed by atoms with van der Waals surface area (Å²) in [7, 11) is 2.15. The maximum atomic E-state index is 5.82. The smallest absolute Gasteiger partial charge is 0.140 e. The van der Waals surface area contributed by atoms with Crippen molar-refractivity contribution in [3.05, 3.63) is 71.0 Å². The summed E-state index contributed by atoms with van der Waals surface area (Å²) in [5, 5.41) is 0. The molecule has 158 valence electrons. The number of hydrogen-bond acceptors (Lipinski definition) is 3. The molecule has 1 aliphatic rings. The van der Waals surface area contributed by atoms with Crippen molar-refractivity contribution in [3.8, 4) is 17.1 Å². The molecule has 4 heteroatoms. The van der Waals surface area contributed by atoms with Crippen LogP contribution in [0.4, 0.5) is 0 Å². The van der Waals surface area contributed by atoms with E-state index in [-0.39, 0.29) is 5.41 Å². The molecule has 1 aromatic heterocycles. The largest absolute Gasteiger partial charge is 0.494 e. The van der Waals surface area contributed by atoms with Crippen LogP contribution in [0.25, 0.3) is 11.4 Å². The Labute approximate surface area is 180 Å². The van der Waals surface area contributed by atoms with Gasteiger partial charge in [0.05, 0.1) is 18.0 Å². The van der Waals surface area contributed by atoms with Gasteiger partial charge in [-0.3, -0.25) is 4.90 Å².